The number of carbonyl (C=O) groups is 2. The second-order valence-electron chi connectivity index (χ2n) is 12.0. The van der Waals surface area contributed by atoms with Gasteiger partial charge in [-0.2, -0.15) is 13.2 Å². The van der Waals surface area contributed by atoms with E-state index in [0.29, 0.717) is 43.5 Å². The number of likely N-dealkylation sites (tertiary alicyclic amines) is 1. The lowest BCUT2D eigenvalue weighted by Gasteiger charge is -2.36. The maximum Gasteiger partial charge on any atom is 0.416 e. The van der Waals surface area contributed by atoms with Crippen molar-refractivity contribution >= 4 is 11.7 Å². The van der Waals surface area contributed by atoms with Crippen LogP contribution in [0.5, 0.6) is 0 Å². The molecule has 1 unspecified atom stereocenters. The Balaban J connectivity index is 1.08. The van der Waals surface area contributed by atoms with Gasteiger partial charge in [-0.15, -0.1) is 0 Å². The van der Waals surface area contributed by atoms with Crippen LogP contribution >= 0.6 is 0 Å². The number of hydrogen-bond acceptors (Lipinski definition) is 5. The van der Waals surface area contributed by atoms with E-state index in [9.17, 15) is 33.0 Å². The molecule has 1 aliphatic carbocycles. The molecule has 5 rings (SSSR count). The number of rotatable bonds is 9. The molecule has 228 valence electrons. The summed E-state index contributed by atoms with van der Waals surface area (Å²) >= 11 is 0. The number of benzene rings is 2. The minimum Gasteiger partial charge on any atom is -0.392 e. The average Bonchev–Trinajstić information content (AvgIpc) is 3.49. The molecular weight excluding hydrogens is 557 g/mol. The fourth-order valence-electron chi connectivity index (χ4n) is 6.53. The summed E-state index contributed by atoms with van der Waals surface area (Å²) in [7, 11) is 0. The Morgan fingerprint density at radius 2 is 1.72 bits per heavy atom. The first-order chi connectivity index (χ1) is 20.6. The van der Waals surface area contributed by atoms with Gasteiger partial charge in [-0.1, -0.05) is 42.5 Å². The van der Waals surface area contributed by atoms with Crippen molar-refractivity contribution in [2.24, 2.45) is 11.8 Å². The summed E-state index contributed by atoms with van der Waals surface area (Å²) in [6, 6.07) is 15.8. The molecule has 3 aromatic rings. The normalized spacial score (nSPS) is 22.5. The summed E-state index contributed by atoms with van der Waals surface area (Å²) in [5, 5.41) is 21.0. The number of aromatic nitrogens is 1. The number of amides is 1. The molecule has 1 aromatic heterocycles. The zero-order chi connectivity index (χ0) is 30.6. The Bertz CT molecular complexity index is 1430. The molecule has 2 fully saturated rings. The van der Waals surface area contributed by atoms with Gasteiger partial charge in [0.05, 0.1) is 17.9 Å². The van der Waals surface area contributed by atoms with Gasteiger partial charge in [0.15, 0.2) is 5.78 Å². The Hall–Kier alpha value is -3.56. The number of hydrogen-bond donors (Lipinski definition) is 2. The summed E-state index contributed by atoms with van der Waals surface area (Å²) in [4.78, 5) is 31.6. The summed E-state index contributed by atoms with van der Waals surface area (Å²) in [5.74, 6) is 0.183. The highest BCUT2D eigenvalue weighted by Gasteiger charge is 2.38. The first-order valence-corrected chi connectivity index (χ1v) is 14.9. The zero-order valence-electron chi connectivity index (χ0n) is 24.0. The number of ketones is 1. The quantitative estimate of drug-likeness (QED) is 0.275. The van der Waals surface area contributed by atoms with Crippen LogP contribution in [0.3, 0.4) is 0 Å². The molecule has 0 radical (unpaired) electrons. The Morgan fingerprint density at radius 3 is 2.42 bits per heavy atom. The van der Waals surface area contributed by atoms with E-state index in [1.165, 1.54) is 12.1 Å². The van der Waals surface area contributed by atoms with Gasteiger partial charge in [-0.25, -0.2) is 0 Å². The van der Waals surface area contributed by atoms with Gasteiger partial charge < -0.3 is 15.1 Å². The third-order valence-corrected chi connectivity index (χ3v) is 9.05. The molecule has 1 atom stereocenters. The molecule has 1 saturated heterocycles. The summed E-state index contributed by atoms with van der Waals surface area (Å²) in [6.45, 7) is 1.18. The van der Waals surface area contributed by atoms with Gasteiger partial charge >= 0.3 is 6.18 Å². The van der Waals surface area contributed by atoms with Crippen LogP contribution < -0.4 is 0 Å². The van der Waals surface area contributed by atoms with E-state index in [1.807, 2.05) is 36.4 Å². The lowest BCUT2D eigenvalue weighted by Crippen LogP contribution is -2.33. The molecule has 0 spiro atoms. The van der Waals surface area contributed by atoms with Gasteiger partial charge in [-0.3, -0.25) is 14.6 Å². The van der Waals surface area contributed by atoms with Crippen LogP contribution in [-0.4, -0.2) is 44.9 Å². The Morgan fingerprint density at radius 1 is 0.953 bits per heavy atom. The second-order valence-corrected chi connectivity index (χ2v) is 12.0. The number of aliphatic hydroxyl groups is 2. The Labute approximate surface area is 249 Å². The molecule has 2 aliphatic rings. The lowest BCUT2D eigenvalue weighted by molar-refractivity contribution is -0.137. The summed E-state index contributed by atoms with van der Waals surface area (Å²) < 4.78 is 38.9. The van der Waals surface area contributed by atoms with E-state index in [2.05, 4.69) is 4.98 Å². The number of nitrogens with zero attached hydrogens (tertiary/aromatic N) is 2. The molecule has 43 heavy (non-hydrogen) atoms. The van der Waals surface area contributed by atoms with Crippen molar-refractivity contribution in [3.05, 3.63) is 89.2 Å². The van der Waals surface area contributed by atoms with Crippen LogP contribution in [0.4, 0.5) is 13.2 Å². The first kappa shape index (κ1) is 30.9. The lowest BCUT2D eigenvalue weighted by atomic mass is 9.74. The van der Waals surface area contributed by atoms with Gasteiger partial charge in [0.1, 0.15) is 5.60 Å². The molecule has 6 nitrogen and oxygen atoms in total. The van der Waals surface area contributed by atoms with Crippen molar-refractivity contribution in [3.63, 3.8) is 0 Å². The SMILES string of the molecule is O=C(CCC(=O)N1CCC(CC2CCC(O)(c3ccc(-c4ccccc4CO)cn3)CC2)C1)c1cccc(C(F)(F)F)c1. The predicted molar refractivity (Wildman–Crippen MR) is 156 cm³/mol. The molecule has 1 saturated carbocycles. The van der Waals surface area contributed by atoms with Gasteiger partial charge in [0.25, 0.3) is 0 Å². The highest BCUT2D eigenvalue weighted by atomic mass is 19.4. The fourth-order valence-corrected chi connectivity index (χ4v) is 6.53. The Kier molecular flexibility index (Phi) is 9.32. The fraction of sp³-hybridized carbons (Fsp3) is 0.441. The van der Waals surface area contributed by atoms with E-state index < -0.39 is 23.1 Å². The minimum atomic E-state index is -4.52. The van der Waals surface area contributed by atoms with Crippen molar-refractivity contribution in [2.45, 2.75) is 69.8 Å². The third-order valence-electron chi connectivity index (χ3n) is 9.05. The number of halogens is 3. The van der Waals surface area contributed by atoms with Crippen LogP contribution in [0, 0.1) is 11.8 Å². The van der Waals surface area contributed by atoms with Crippen LogP contribution in [0.2, 0.25) is 0 Å². The van der Waals surface area contributed by atoms with Crippen molar-refractivity contribution in [3.8, 4) is 11.1 Å². The molecule has 9 heteroatoms. The first-order valence-electron chi connectivity index (χ1n) is 14.9. The molecule has 2 aromatic carbocycles. The maximum absolute atomic E-state index is 13.0. The van der Waals surface area contributed by atoms with Crippen LogP contribution in [0.1, 0.15) is 78.5 Å². The van der Waals surface area contributed by atoms with Crippen molar-refractivity contribution in [2.75, 3.05) is 13.1 Å². The monoisotopic (exact) mass is 594 g/mol. The molecule has 1 amide bonds. The van der Waals surface area contributed by atoms with Crippen molar-refractivity contribution < 1.29 is 33.0 Å². The summed E-state index contributed by atoms with van der Waals surface area (Å²) in [5.41, 5.74) is 1.42. The topological polar surface area (TPSA) is 90.7 Å². The highest BCUT2D eigenvalue weighted by molar-refractivity contribution is 5.98. The third kappa shape index (κ3) is 7.33. The van der Waals surface area contributed by atoms with Crippen molar-refractivity contribution in [1.29, 1.82) is 0 Å². The van der Waals surface area contributed by atoms with Crippen LogP contribution in [0.15, 0.2) is 66.9 Å². The summed E-state index contributed by atoms with van der Waals surface area (Å²) in [6.07, 6.45) is 1.90. The smallest absolute Gasteiger partial charge is 0.392 e. The van der Waals surface area contributed by atoms with E-state index in [-0.39, 0.29) is 30.9 Å². The molecule has 1 aliphatic heterocycles. The number of carbonyl (C=O) groups excluding carboxylic acids is 2. The van der Waals surface area contributed by atoms with E-state index in [4.69, 9.17) is 0 Å². The molecule has 0 bridgehead atoms. The zero-order valence-corrected chi connectivity index (χ0v) is 24.0. The van der Waals surface area contributed by atoms with Gasteiger partial charge in [0, 0.05) is 43.3 Å². The van der Waals surface area contributed by atoms with E-state index in [0.717, 1.165) is 54.5 Å². The van der Waals surface area contributed by atoms with Crippen LogP contribution in [0.25, 0.3) is 11.1 Å². The molecule has 2 N–H and O–H groups in total. The van der Waals surface area contributed by atoms with E-state index in [1.54, 1.807) is 11.1 Å². The standard InChI is InChI=1S/C34H37F3N2O4/c35-34(36,37)28-6-3-5-25(19-28)30(41)9-11-32(42)39-17-14-24(21-39)18-23-12-15-33(43,16-13-23)31-10-8-26(20-38-31)29-7-2-1-4-27(29)22-40/h1-8,10,19-20,23-24,40,43H,9,11-18,21-22H2. The van der Waals surface area contributed by atoms with Gasteiger partial charge in [0.2, 0.25) is 5.91 Å². The molecule has 2 heterocycles. The molecular formula is C34H37F3N2O4. The highest BCUT2D eigenvalue weighted by Crippen LogP contribution is 2.42. The van der Waals surface area contributed by atoms with E-state index >= 15 is 0 Å². The predicted octanol–water partition coefficient (Wildman–Crippen LogP) is 6.54. The van der Waals surface area contributed by atoms with Crippen LogP contribution in [-0.2, 0) is 23.2 Å². The minimum absolute atomic E-state index is 0.0182. The van der Waals surface area contributed by atoms with Crippen molar-refractivity contribution in [1.82, 2.24) is 9.88 Å². The largest absolute Gasteiger partial charge is 0.416 e. The maximum atomic E-state index is 13.0. The van der Waals surface area contributed by atoms with Gasteiger partial charge in [-0.05, 0) is 79.7 Å². The average molecular weight is 595 g/mol. The number of pyridine rings is 1. The number of aliphatic hydroxyl groups excluding tert-OH is 1. The number of Topliss-reactive ketones (excluding diaryl/α,β-unsaturated/α-hetero) is 1. The number of alkyl halides is 3. The second kappa shape index (κ2) is 13.0.